The second-order valence-electron chi connectivity index (χ2n) is 4.71. The summed E-state index contributed by atoms with van der Waals surface area (Å²) in [4.78, 5) is 12.1. The van der Waals surface area contributed by atoms with Crippen molar-refractivity contribution in [3.63, 3.8) is 0 Å². The van der Waals surface area contributed by atoms with Crippen LogP contribution in [-0.2, 0) is 0 Å². The van der Waals surface area contributed by atoms with Crippen molar-refractivity contribution in [3.8, 4) is 11.5 Å². The van der Waals surface area contributed by atoms with E-state index in [9.17, 15) is 9.90 Å². The summed E-state index contributed by atoms with van der Waals surface area (Å²) < 4.78 is 5.32. The van der Waals surface area contributed by atoms with E-state index in [4.69, 9.17) is 27.9 Å². The van der Waals surface area contributed by atoms with Crippen LogP contribution in [0.4, 0.5) is 0 Å². The van der Waals surface area contributed by atoms with Crippen LogP contribution >= 0.6 is 23.2 Å². The summed E-state index contributed by atoms with van der Waals surface area (Å²) in [6.07, 6.45) is 0. The van der Waals surface area contributed by atoms with Gasteiger partial charge in [0.05, 0.1) is 15.6 Å². The number of esters is 1. The molecular formula is C17H10Cl2O3. The molecule has 1 N–H and O–H groups in total. The normalized spacial score (nSPS) is 10.6. The molecule has 0 amide bonds. The Labute approximate surface area is 136 Å². The molecule has 22 heavy (non-hydrogen) atoms. The van der Waals surface area contributed by atoms with Gasteiger partial charge in [-0.3, -0.25) is 0 Å². The predicted molar refractivity (Wildman–Crippen MR) is 87.0 cm³/mol. The summed E-state index contributed by atoms with van der Waals surface area (Å²) in [5.74, 6) is 0.00713. The molecule has 3 rings (SSSR count). The molecule has 0 aliphatic carbocycles. The van der Waals surface area contributed by atoms with Crippen molar-refractivity contribution < 1.29 is 14.6 Å². The molecule has 0 aromatic heterocycles. The molecule has 0 saturated heterocycles. The summed E-state index contributed by atoms with van der Waals surface area (Å²) in [5, 5.41) is 11.9. The second kappa shape index (κ2) is 5.87. The SMILES string of the molecule is O=C(Oc1ccc2ccc(O)cc2c1)c1ccc(Cl)c(Cl)c1. The molecule has 5 heteroatoms. The third kappa shape index (κ3) is 3.01. The van der Waals surface area contributed by atoms with E-state index in [2.05, 4.69) is 0 Å². The minimum absolute atomic E-state index is 0.153. The van der Waals surface area contributed by atoms with Gasteiger partial charge in [0.25, 0.3) is 0 Å². The molecule has 3 aromatic rings. The van der Waals surface area contributed by atoms with E-state index < -0.39 is 5.97 Å². The lowest BCUT2D eigenvalue weighted by Gasteiger charge is -2.07. The van der Waals surface area contributed by atoms with Crippen molar-refractivity contribution >= 4 is 39.9 Å². The van der Waals surface area contributed by atoms with E-state index in [0.29, 0.717) is 21.4 Å². The van der Waals surface area contributed by atoms with Gasteiger partial charge in [0.1, 0.15) is 11.5 Å². The van der Waals surface area contributed by atoms with Gasteiger partial charge < -0.3 is 9.84 Å². The predicted octanol–water partition coefficient (Wildman–Crippen LogP) is 5.07. The molecule has 0 unspecified atom stereocenters. The first-order valence-corrected chi connectivity index (χ1v) is 7.18. The zero-order chi connectivity index (χ0) is 15.7. The quantitative estimate of drug-likeness (QED) is 0.526. The number of hydrogen-bond acceptors (Lipinski definition) is 3. The van der Waals surface area contributed by atoms with E-state index in [-0.39, 0.29) is 5.75 Å². The van der Waals surface area contributed by atoms with E-state index in [1.165, 1.54) is 6.07 Å². The van der Waals surface area contributed by atoms with Crippen LogP contribution in [-0.4, -0.2) is 11.1 Å². The fourth-order valence-corrected chi connectivity index (χ4v) is 2.36. The number of halogens is 2. The van der Waals surface area contributed by atoms with Crippen LogP contribution in [0.15, 0.2) is 54.6 Å². The molecule has 0 heterocycles. The third-order valence-corrected chi connectivity index (χ3v) is 3.90. The van der Waals surface area contributed by atoms with Gasteiger partial charge in [-0.1, -0.05) is 35.3 Å². The van der Waals surface area contributed by atoms with Gasteiger partial charge in [-0.25, -0.2) is 4.79 Å². The summed E-state index contributed by atoms with van der Waals surface area (Å²) in [5.41, 5.74) is 0.311. The van der Waals surface area contributed by atoms with Crippen LogP contribution in [0.5, 0.6) is 11.5 Å². The van der Waals surface area contributed by atoms with Gasteiger partial charge in [0, 0.05) is 0 Å². The Morgan fingerprint density at radius 3 is 2.41 bits per heavy atom. The highest BCUT2D eigenvalue weighted by Gasteiger charge is 2.11. The Bertz CT molecular complexity index is 875. The molecular weight excluding hydrogens is 323 g/mol. The van der Waals surface area contributed by atoms with E-state index in [1.54, 1.807) is 42.5 Å². The van der Waals surface area contributed by atoms with Crippen LogP contribution in [0, 0.1) is 0 Å². The summed E-state index contributed by atoms with van der Waals surface area (Å²) in [6.45, 7) is 0. The number of benzene rings is 3. The number of phenols is 1. The van der Waals surface area contributed by atoms with Crippen LogP contribution in [0.3, 0.4) is 0 Å². The molecule has 0 aliphatic rings. The summed E-state index contributed by atoms with van der Waals surface area (Å²) in [6, 6.07) is 14.7. The maximum absolute atomic E-state index is 12.1. The van der Waals surface area contributed by atoms with E-state index in [1.807, 2.05) is 6.07 Å². The first-order valence-electron chi connectivity index (χ1n) is 6.43. The Kier molecular flexibility index (Phi) is 3.92. The van der Waals surface area contributed by atoms with Crippen molar-refractivity contribution in [2.75, 3.05) is 0 Å². The molecule has 0 fully saturated rings. The first kappa shape index (κ1) is 14.7. The number of ether oxygens (including phenoxy) is 1. The molecule has 110 valence electrons. The second-order valence-corrected chi connectivity index (χ2v) is 5.53. The Balaban J connectivity index is 1.88. The van der Waals surface area contributed by atoms with Crippen molar-refractivity contribution in [1.82, 2.24) is 0 Å². The number of rotatable bonds is 2. The molecule has 3 aromatic carbocycles. The van der Waals surface area contributed by atoms with Crippen molar-refractivity contribution in [3.05, 3.63) is 70.2 Å². The standard InChI is InChI=1S/C17H10Cl2O3/c18-15-6-3-11(9-16(15)19)17(21)22-14-5-2-10-1-4-13(20)7-12(10)8-14/h1-9,20H. The molecule has 3 nitrogen and oxygen atoms in total. The van der Waals surface area contributed by atoms with E-state index >= 15 is 0 Å². The maximum Gasteiger partial charge on any atom is 0.343 e. The Morgan fingerprint density at radius 2 is 1.64 bits per heavy atom. The average molecular weight is 333 g/mol. The minimum atomic E-state index is -0.530. The van der Waals surface area contributed by atoms with Gasteiger partial charge in [0.2, 0.25) is 0 Å². The molecule has 0 bridgehead atoms. The fourth-order valence-electron chi connectivity index (χ4n) is 2.06. The van der Waals surface area contributed by atoms with Crippen LogP contribution in [0.1, 0.15) is 10.4 Å². The van der Waals surface area contributed by atoms with Gasteiger partial charge >= 0.3 is 5.97 Å². The lowest BCUT2D eigenvalue weighted by atomic mass is 10.1. The van der Waals surface area contributed by atoms with Gasteiger partial charge in [-0.05, 0) is 53.2 Å². The molecule has 0 atom stereocenters. The van der Waals surface area contributed by atoms with Crippen LogP contribution in [0.2, 0.25) is 10.0 Å². The number of carbonyl (C=O) groups is 1. The zero-order valence-corrected chi connectivity index (χ0v) is 12.7. The molecule has 0 saturated carbocycles. The van der Waals surface area contributed by atoms with Crippen LogP contribution in [0.25, 0.3) is 10.8 Å². The Hall–Kier alpha value is -2.23. The van der Waals surface area contributed by atoms with Crippen LogP contribution < -0.4 is 4.74 Å². The zero-order valence-electron chi connectivity index (χ0n) is 11.2. The molecule has 0 radical (unpaired) electrons. The number of fused-ring (bicyclic) bond motifs is 1. The highest BCUT2D eigenvalue weighted by molar-refractivity contribution is 6.42. The van der Waals surface area contributed by atoms with Crippen molar-refractivity contribution in [2.45, 2.75) is 0 Å². The lowest BCUT2D eigenvalue weighted by Crippen LogP contribution is -2.08. The monoisotopic (exact) mass is 332 g/mol. The topological polar surface area (TPSA) is 46.5 Å². The molecule has 0 spiro atoms. The molecule has 0 aliphatic heterocycles. The number of hydrogen-bond donors (Lipinski definition) is 1. The number of phenolic OH excluding ortho intramolecular Hbond substituents is 1. The van der Waals surface area contributed by atoms with Crippen molar-refractivity contribution in [1.29, 1.82) is 0 Å². The number of carbonyl (C=O) groups excluding carboxylic acids is 1. The lowest BCUT2D eigenvalue weighted by molar-refractivity contribution is 0.0735. The Morgan fingerprint density at radius 1 is 0.864 bits per heavy atom. The summed E-state index contributed by atoms with van der Waals surface area (Å²) >= 11 is 11.7. The average Bonchev–Trinajstić information content (AvgIpc) is 2.49. The van der Waals surface area contributed by atoms with Gasteiger partial charge in [-0.15, -0.1) is 0 Å². The van der Waals surface area contributed by atoms with Gasteiger partial charge in [0.15, 0.2) is 0 Å². The first-order chi connectivity index (χ1) is 10.5. The third-order valence-electron chi connectivity index (χ3n) is 3.16. The highest BCUT2D eigenvalue weighted by atomic mass is 35.5. The largest absolute Gasteiger partial charge is 0.508 e. The van der Waals surface area contributed by atoms with Gasteiger partial charge in [-0.2, -0.15) is 0 Å². The smallest absolute Gasteiger partial charge is 0.343 e. The summed E-state index contributed by atoms with van der Waals surface area (Å²) in [7, 11) is 0. The number of aromatic hydroxyl groups is 1. The highest BCUT2D eigenvalue weighted by Crippen LogP contribution is 2.26. The van der Waals surface area contributed by atoms with E-state index in [0.717, 1.165) is 10.8 Å². The minimum Gasteiger partial charge on any atom is -0.508 e. The maximum atomic E-state index is 12.1. The fraction of sp³-hybridized carbons (Fsp3) is 0. The van der Waals surface area contributed by atoms with Crippen molar-refractivity contribution in [2.24, 2.45) is 0 Å².